The summed E-state index contributed by atoms with van der Waals surface area (Å²) < 4.78 is 56.9. The number of anilines is 1. The number of halogens is 5. The van der Waals surface area contributed by atoms with Gasteiger partial charge in [0.05, 0.1) is 23.7 Å². The molecule has 9 nitrogen and oxygen atoms in total. The number of hydrogen-bond donors (Lipinski definition) is 5. The van der Waals surface area contributed by atoms with Crippen LogP contribution in [-0.2, 0) is 9.59 Å². The van der Waals surface area contributed by atoms with Crippen LogP contribution in [0.1, 0.15) is 44.0 Å². The third-order valence-corrected chi connectivity index (χ3v) is 6.23. The van der Waals surface area contributed by atoms with Gasteiger partial charge in [-0.3, -0.25) is 14.4 Å². The van der Waals surface area contributed by atoms with Gasteiger partial charge in [-0.2, -0.15) is 13.2 Å². The van der Waals surface area contributed by atoms with Crippen molar-refractivity contribution in [3.05, 3.63) is 70.3 Å². The molecule has 5 N–H and O–H groups in total. The molecule has 0 aliphatic carbocycles. The lowest BCUT2D eigenvalue weighted by molar-refractivity contribution is -0.124. The first kappa shape index (κ1) is 35.4. The van der Waals surface area contributed by atoms with E-state index >= 15 is 0 Å². The summed E-state index contributed by atoms with van der Waals surface area (Å²) in [5, 5.41) is 12.7. The van der Waals surface area contributed by atoms with Crippen molar-refractivity contribution in [1.29, 1.82) is 0 Å². The van der Waals surface area contributed by atoms with Crippen LogP contribution < -0.4 is 31.3 Å². The van der Waals surface area contributed by atoms with Crippen molar-refractivity contribution in [2.75, 3.05) is 38.6 Å². The van der Waals surface area contributed by atoms with Gasteiger partial charge in [-0.05, 0) is 30.5 Å². The van der Waals surface area contributed by atoms with E-state index in [0.717, 1.165) is 12.1 Å². The quantitative estimate of drug-likeness (QED) is 0.110. The first-order valence-electron chi connectivity index (χ1n) is 13.4. The number of carbonyl (C=O) groups excluding carboxylic acids is 3. The Balaban J connectivity index is 2.16. The fourth-order valence-corrected chi connectivity index (χ4v) is 4.04. The van der Waals surface area contributed by atoms with Crippen molar-refractivity contribution in [2.45, 2.75) is 39.8 Å². The minimum Gasteiger partial charge on any atom is -0.493 e. The predicted molar refractivity (Wildman–Crippen MR) is 156 cm³/mol. The third-order valence-electron chi connectivity index (χ3n) is 5.94. The molecule has 2 rings (SSSR count). The molecule has 0 aromatic heterocycles. The smallest absolute Gasteiger partial charge is 0.401 e. The summed E-state index contributed by atoms with van der Waals surface area (Å²) in [6.45, 7) is 3.96. The van der Waals surface area contributed by atoms with Gasteiger partial charge in [0.15, 0.2) is 0 Å². The molecule has 0 fully saturated rings. The second-order valence-corrected chi connectivity index (χ2v) is 10.6. The second-order valence-electron chi connectivity index (χ2n) is 10.2. The molecule has 14 heteroatoms. The highest BCUT2D eigenvalue weighted by molar-refractivity contribution is 6.31. The maximum absolute atomic E-state index is 13.9. The van der Waals surface area contributed by atoms with E-state index in [9.17, 15) is 31.9 Å². The highest BCUT2D eigenvalue weighted by Gasteiger charge is 2.28. The summed E-state index contributed by atoms with van der Waals surface area (Å²) >= 11 is 5.85. The van der Waals surface area contributed by atoms with E-state index in [-0.39, 0.29) is 60.3 Å². The molecule has 0 radical (unpaired) electrons. The molecular formula is C29H36ClF4N5O4. The fraction of sp³-hybridized carbons (Fsp3) is 0.414. The lowest BCUT2D eigenvalue weighted by Crippen LogP contribution is -2.40. The number of ether oxygens (including phenoxy) is 1. The van der Waals surface area contributed by atoms with Crippen LogP contribution in [0.3, 0.4) is 0 Å². The number of rotatable bonds is 15. The van der Waals surface area contributed by atoms with Crippen molar-refractivity contribution >= 4 is 35.0 Å². The predicted octanol–water partition coefficient (Wildman–Crippen LogP) is 4.75. The van der Waals surface area contributed by atoms with Gasteiger partial charge in [-0.25, -0.2) is 4.39 Å². The largest absolute Gasteiger partial charge is 0.493 e. The van der Waals surface area contributed by atoms with Crippen LogP contribution in [0, 0.1) is 11.2 Å². The standard InChI is InChI=1S/C29H36ClF4N5O4/c1-5-43-23-14-21(31)20(30)13-19(23)26(41)37-16-28(2,3)15-24(40)39-25(27(42)38-18-9-7-6-8-10-18)22(35-4)11-12-36-17-29(32,33)34/h6-10,13-14,35-36H,5,11-12,15-17H2,1-4H3,(H,37,41)(H,38,42)(H,39,40)/b25-22+. The number of amides is 3. The molecule has 0 saturated heterocycles. The SMILES string of the molecule is CCOc1cc(F)c(Cl)cc1C(=O)NCC(C)(C)CC(=O)N/C(C(=O)Nc1ccccc1)=C(\CCNCC(F)(F)F)NC. The molecule has 0 unspecified atom stereocenters. The third kappa shape index (κ3) is 12.1. The molecule has 43 heavy (non-hydrogen) atoms. The Bertz CT molecular complexity index is 1300. The van der Waals surface area contributed by atoms with E-state index < -0.39 is 41.7 Å². The van der Waals surface area contributed by atoms with Crippen LogP contribution in [0.25, 0.3) is 0 Å². The molecule has 3 amide bonds. The zero-order chi connectivity index (χ0) is 32.2. The zero-order valence-corrected chi connectivity index (χ0v) is 25.1. The molecule has 0 aliphatic rings. The lowest BCUT2D eigenvalue weighted by atomic mass is 9.88. The van der Waals surface area contributed by atoms with Gasteiger partial charge in [0.2, 0.25) is 5.91 Å². The first-order valence-corrected chi connectivity index (χ1v) is 13.8. The number of alkyl halides is 3. The van der Waals surface area contributed by atoms with Crippen molar-refractivity contribution in [2.24, 2.45) is 5.41 Å². The monoisotopic (exact) mass is 629 g/mol. The zero-order valence-electron chi connectivity index (χ0n) is 24.3. The summed E-state index contributed by atoms with van der Waals surface area (Å²) in [5.41, 5.74) is -0.314. The Labute approximate surface area is 252 Å². The topological polar surface area (TPSA) is 121 Å². The summed E-state index contributed by atoms with van der Waals surface area (Å²) in [5.74, 6) is -2.57. The minimum atomic E-state index is -4.40. The van der Waals surface area contributed by atoms with Gasteiger partial charge in [0, 0.05) is 50.4 Å². The Morgan fingerprint density at radius 1 is 1.02 bits per heavy atom. The van der Waals surface area contributed by atoms with Gasteiger partial charge in [-0.15, -0.1) is 0 Å². The molecular weight excluding hydrogens is 594 g/mol. The Kier molecular flexibility index (Phi) is 13.3. The Morgan fingerprint density at radius 2 is 1.70 bits per heavy atom. The van der Waals surface area contributed by atoms with Crippen molar-refractivity contribution < 1.29 is 36.7 Å². The molecule has 0 spiro atoms. The molecule has 2 aromatic carbocycles. The highest BCUT2D eigenvalue weighted by Crippen LogP contribution is 2.27. The fourth-order valence-electron chi connectivity index (χ4n) is 3.88. The van der Waals surface area contributed by atoms with E-state index in [1.165, 1.54) is 7.05 Å². The minimum absolute atomic E-state index is 0.00925. The summed E-state index contributed by atoms with van der Waals surface area (Å²) in [6.07, 6.45) is -4.58. The van der Waals surface area contributed by atoms with Crippen LogP contribution in [0.5, 0.6) is 5.75 Å². The molecule has 0 atom stereocenters. The number of hydrogen-bond acceptors (Lipinski definition) is 6. The maximum atomic E-state index is 13.9. The number of benzene rings is 2. The molecule has 0 heterocycles. The van der Waals surface area contributed by atoms with Crippen LogP contribution >= 0.6 is 11.6 Å². The average molecular weight is 630 g/mol. The van der Waals surface area contributed by atoms with E-state index in [1.807, 2.05) is 0 Å². The van der Waals surface area contributed by atoms with Crippen molar-refractivity contribution in [3.63, 3.8) is 0 Å². The molecule has 0 saturated carbocycles. The summed E-state index contributed by atoms with van der Waals surface area (Å²) in [4.78, 5) is 39.2. The van der Waals surface area contributed by atoms with Crippen molar-refractivity contribution in [3.8, 4) is 5.75 Å². The number of carbonyl (C=O) groups is 3. The average Bonchev–Trinajstić information content (AvgIpc) is 2.92. The van der Waals surface area contributed by atoms with E-state index in [0.29, 0.717) is 5.69 Å². The van der Waals surface area contributed by atoms with Gasteiger partial charge in [0.25, 0.3) is 11.8 Å². The van der Waals surface area contributed by atoms with Gasteiger partial charge in [-0.1, -0.05) is 43.6 Å². The lowest BCUT2D eigenvalue weighted by Gasteiger charge is -2.25. The number of nitrogens with one attached hydrogen (secondary N) is 5. The van der Waals surface area contributed by atoms with Crippen LogP contribution in [0.4, 0.5) is 23.2 Å². The number of para-hydroxylation sites is 1. The molecule has 236 valence electrons. The van der Waals surface area contributed by atoms with E-state index in [4.69, 9.17) is 16.3 Å². The Hall–Kier alpha value is -3.84. The van der Waals surface area contributed by atoms with Crippen LogP contribution in [0.2, 0.25) is 5.02 Å². The van der Waals surface area contributed by atoms with Crippen molar-refractivity contribution in [1.82, 2.24) is 21.3 Å². The van der Waals surface area contributed by atoms with Gasteiger partial charge >= 0.3 is 6.18 Å². The molecule has 2 aromatic rings. The first-order chi connectivity index (χ1) is 20.2. The summed E-state index contributed by atoms with van der Waals surface area (Å²) in [7, 11) is 1.48. The normalized spacial score (nSPS) is 12.2. The molecule has 0 aliphatic heterocycles. The van der Waals surface area contributed by atoms with E-state index in [2.05, 4.69) is 26.6 Å². The maximum Gasteiger partial charge on any atom is 0.401 e. The second kappa shape index (κ2) is 16.1. The highest BCUT2D eigenvalue weighted by atomic mass is 35.5. The van der Waals surface area contributed by atoms with Crippen LogP contribution in [0.15, 0.2) is 53.9 Å². The summed E-state index contributed by atoms with van der Waals surface area (Å²) in [6, 6.07) is 10.6. The Morgan fingerprint density at radius 3 is 2.30 bits per heavy atom. The van der Waals surface area contributed by atoms with Gasteiger partial charge in [0.1, 0.15) is 17.3 Å². The van der Waals surface area contributed by atoms with E-state index in [1.54, 1.807) is 51.1 Å². The molecule has 0 bridgehead atoms. The van der Waals surface area contributed by atoms with Gasteiger partial charge < -0.3 is 31.3 Å². The van der Waals surface area contributed by atoms with Crippen LogP contribution in [-0.4, -0.2) is 57.2 Å².